The Bertz CT molecular complexity index is 413. The molecule has 18 heavy (non-hydrogen) atoms. The Morgan fingerprint density at radius 3 is 2.44 bits per heavy atom. The van der Waals surface area contributed by atoms with E-state index < -0.39 is 10.0 Å². The van der Waals surface area contributed by atoms with E-state index in [9.17, 15) is 18.3 Å². The van der Waals surface area contributed by atoms with E-state index >= 15 is 0 Å². The maximum atomic E-state index is 11.9. The molecule has 7 heteroatoms. The zero-order chi connectivity index (χ0) is 14.1. The highest BCUT2D eigenvalue weighted by atomic mass is 32.2. The van der Waals surface area contributed by atoms with E-state index in [1.165, 1.54) is 0 Å². The van der Waals surface area contributed by atoms with Crippen molar-refractivity contribution in [3.05, 3.63) is 0 Å². The zero-order valence-electron chi connectivity index (χ0n) is 11.1. The molecule has 0 aromatic carbocycles. The van der Waals surface area contributed by atoms with Gasteiger partial charge in [-0.1, -0.05) is 20.8 Å². The first-order chi connectivity index (χ1) is 8.04. The Morgan fingerprint density at radius 2 is 2.06 bits per heavy atom. The first-order valence-electron chi connectivity index (χ1n) is 5.95. The fourth-order valence-corrected chi connectivity index (χ4v) is 3.27. The Labute approximate surface area is 108 Å². The second-order valence-corrected chi connectivity index (χ2v) is 7.67. The van der Waals surface area contributed by atoms with Crippen molar-refractivity contribution in [2.75, 3.05) is 18.9 Å². The molecule has 0 aromatic rings. The first-order valence-corrected chi connectivity index (χ1v) is 7.67. The molecule has 1 aliphatic rings. The van der Waals surface area contributed by atoms with Gasteiger partial charge in [-0.25, -0.2) is 13.6 Å². The van der Waals surface area contributed by atoms with Crippen LogP contribution in [0.5, 0.6) is 0 Å². The number of primary sulfonamides is 1. The van der Waals surface area contributed by atoms with E-state index in [1.807, 2.05) is 20.8 Å². The Hall–Kier alpha value is -0.660. The molecule has 0 aromatic heterocycles. The molecule has 1 fully saturated rings. The molecule has 2 atom stereocenters. The summed E-state index contributed by atoms with van der Waals surface area (Å²) < 4.78 is 22.1. The van der Waals surface area contributed by atoms with E-state index in [1.54, 1.807) is 4.90 Å². The number of carbonyl (C=O) groups is 1. The molecule has 1 unspecified atom stereocenters. The van der Waals surface area contributed by atoms with E-state index in [0.717, 1.165) is 0 Å². The maximum Gasteiger partial charge on any atom is 0.223 e. The molecule has 6 nitrogen and oxygen atoms in total. The highest BCUT2D eigenvalue weighted by molar-refractivity contribution is 7.89. The van der Waals surface area contributed by atoms with Gasteiger partial charge < -0.3 is 10.0 Å². The number of hydrogen-bond acceptors (Lipinski definition) is 4. The van der Waals surface area contributed by atoms with Crippen LogP contribution in [0.15, 0.2) is 0 Å². The molecule has 1 heterocycles. The third kappa shape index (κ3) is 3.93. The van der Waals surface area contributed by atoms with Crippen LogP contribution in [0.2, 0.25) is 0 Å². The predicted octanol–water partition coefficient (Wildman–Crippen LogP) is -0.470. The fourth-order valence-electron chi connectivity index (χ4n) is 2.39. The van der Waals surface area contributed by atoms with Gasteiger partial charge in [0.05, 0.1) is 18.4 Å². The maximum absolute atomic E-state index is 11.9. The van der Waals surface area contributed by atoms with Gasteiger partial charge in [-0.3, -0.25) is 4.79 Å². The Morgan fingerprint density at radius 1 is 1.50 bits per heavy atom. The van der Waals surface area contributed by atoms with E-state index in [2.05, 4.69) is 0 Å². The summed E-state index contributed by atoms with van der Waals surface area (Å²) in [6.07, 6.45) is 0.184. The van der Waals surface area contributed by atoms with Crippen LogP contribution in [-0.2, 0) is 14.8 Å². The topological polar surface area (TPSA) is 101 Å². The number of likely N-dealkylation sites (tertiary alicyclic amines) is 1. The van der Waals surface area contributed by atoms with Gasteiger partial charge in [0, 0.05) is 18.9 Å². The highest BCUT2D eigenvalue weighted by Crippen LogP contribution is 2.30. The fraction of sp³-hybridized carbons (Fsp3) is 0.909. The lowest BCUT2D eigenvalue weighted by Gasteiger charge is -2.36. The molecule has 0 bridgehead atoms. The minimum Gasteiger partial charge on any atom is -0.394 e. The van der Waals surface area contributed by atoms with Crippen molar-refractivity contribution in [3.8, 4) is 0 Å². The largest absolute Gasteiger partial charge is 0.394 e. The molecule has 1 amide bonds. The van der Waals surface area contributed by atoms with Crippen LogP contribution in [-0.4, -0.2) is 49.3 Å². The number of amides is 1. The van der Waals surface area contributed by atoms with Crippen LogP contribution in [0.1, 0.15) is 27.2 Å². The molecular formula is C11H22N2O4S. The highest BCUT2D eigenvalue weighted by Gasteiger charge is 2.39. The molecule has 0 aliphatic carbocycles. The van der Waals surface area contributed by atoms with Crippen molar-refractivity contribution in [2.24, 2.45) is 16.5 Å². The molecule has 1 saturated heterocycles. The van der Waals surface area contributed by atoms with Crippen LogP contribution < -0.4 is 5.14 Å². The minimum atomic E-state index is -3.56. The lowest BCUT2D eigenvalue weighted by molar-refractivity contribution is -0.133. The van der Waals surface area contributed by atoms with Gasteiger partial charge in [0.25, 0.3) is 0 Å². The van der Waals surface area contributed by atoms with Crippen molar-refractivity contribution in [2.45, 2.75) is 33.2 Å². The third-order valence-electron chi connectivity index (χ3n) is 3.26. The second-order valence-electron chi connectivity index (χ2n) is 6.01. The first kappa shape index (κ1) is 15.4. The number of aliphatic hydroxyl groups is 1. The van der Waals surface area contributed by atoms with E-state index in [0.29, 0.717) is 6.54 Å². The summed E-state index contributed by atoms with van der Waals surface area (Å²) in [6.45, 7) is 6.03. The van der Waals surface area contributed by atoms with Crippen LogP contribution in [0.25, 0.3) is 0 Å². The number of carbonyl (C=O) groups excluding carboxylic acids is 1. The van der Waals surface area contributed by atoms with Crippen molar-refractivity contribution >= 4 is 15.9 Å². The van der Waals surface area contributed by atoms with Crippen molar-refractivity contribution in [1.29, 1.82) is 0 Å². The standard InChI is InChI=1S/C11H22N2O4S/c1-11(2,3)9(6-14)13-5-8(4-10(13)15)7-18(12,16)17/h8-9,14H,4-7H2,1-3H3,(H2,12,16,17)/t8?,9-/m1/s1. The molecule has 0 saturated carbocycles. The average Bonchev–Trinajstić information content (AvgIpc) is 2.42. The van der Waals surface area contributed by atoms with Gasteiger partial charge >= 0.3 is 0 Å². The third-order valence-corrected chi connectivity index (χ3v) is 4.19. The van der Waals surface area contributed by atoms with Gasteiger partial charge in [-0.15, -0.1) is 0 Å². The second kappa shape index (κ2) is 5.14. The Kier molecular flexibility index (Phi) is 4.40. The Balaban J connectivity index is 2.78. The van der Waals surface area contributed by atoms with Crippen molar-refractivity contribution in [3.63, 3.8) is 0 Å². The van der Waals surface area contributed by atoms with Crippen LogP contribution >= 0.6 is 0 Å². The molecule has 3 N–H and O–H groups in total. The summed E-state index contributed by atoms with van der Waals surface area (Å²) in [4.78, 5) is 13.5. The van der Waals surface area contributed by atoms with E-state index in [-0.39, 0.29) is 42.1 Å². The summed E-state index contributed by atoms with van der Waals surface area (Å²) in [7, 11) is -3.56. The number of hydrogen-bond donors (Lipinski definition) is 2. The van der Waals surface area contributed by atoms with Crippen molar-refractivity contribution < 1.29 is 18.3 Å². The molecule has 1 aliphatic heterocycles. The van der Waals surface area contributed by atoms with Crippen LogP contribution in [0.3, 0.4) is 0 Å². The number of sulfonamides is 1. The quantitative estimate of drug-likeness (QED) is 0.726. The van der Waals surface area contributed by atoms with Gasteiger partial charge in [0.15, 0.2) is 0 Å². The van der Waals surface area contributed by atoms with Gasteiger partial charge in [-0.2, -0.15) is 0 Å². The monoisotopic (exact) mass is 278 g/mol. The zero-order valence-corrected chi connectivity index (χ0v) is 11.9. The van der Waals surface area contributed by atoms with Crippen LogP contribution in [0.4, 0.5) is 0 Å². The van der Waals surface area contributed by atoms with Crippen molar-refractivity contribution in [1.82, 2.24) is 4.90 Å². The lowest BCUT2D eigenvalue weighted by Crippen LogP contribution is -2.47. The SMILES string of the molecule is CC(C)(C)[C@@H](CO)N1CC(CS(N)(=O)=O)CC1=O. The van der Waals surface area contributed by atoms with Gasteiger partial charge in [0.2, 0.25) is 15.9 Å². The molecule has 0 spiro atoms. The predicted molar refractivity (Wildman–Crippen MR) is 68.1 cm³/mol. The molecule has 106 valence electrons. The average molecular weight is 278 g/mol. The van der Waals surface area contributed by atoms with E-state index in [4.69, 9.17) is 5.14 Å². The summed E-state index contributed by atoms with van der Waals surface area (Å²) in [5.74, 6) is -0.570. The minimum absolute atomic E-state index is 0.113. The number of rotatable bonds is 4. The molecular weight excluding hydrogens is 256 g/mol. The van der Waals surface area contributed by atoms with Gasteiger partial charge in [0.1, 0.15) is 0 Å². The molecule has 0 radical (unpaired) electrons. The normalized spacial score (nSPS) is 23.5. The van der Waals surface area contributed by atoms with Gasteiger partial charge in [-0.05, 0) is 5.41 Å². The summed E-state index contributed by atoms with van der Waals surface area (Å²) >= 11 is 0. The summed E-state index contributed by atoms with van der Waals surface area (Å²) in [6, 6.07) is -0.296. The lowest BCUT2D eigenvalue weighted by atomic mass is 9.86. The summed E-state index contributed by atoms with van der Waals surface area (Å²) in [5.41, 5.74) is -0.249. The number of aliphatic hydroxyl groups excluding tert-OH is 1. The molecule has 1 rings (SSSR count). The number of nitrogens with two attached hydrogens (primary N) is 1. The number of nitrogens with zero attached hydrogens (tertiary/aromatic N) is 1. The smallest absolute Gasteiger partial charge is 0.223 e. The summed E-state index contributed by atoms with van der Waals surface area (Å²) in [5, 5.41) is 14.4. The van der Waals surface area contributed by atoms with Crippen LogP contribution in [0, 0.1) is 11.3 Å².